The highest BCUT2D eigenvalue weighted by atomic mass is 32.1. The van der Waals surface area contributed by atoms with Crippen LogP contribution in [0.1, 0.15) is 25.3 Å². The van der Waals surface area contributed by atoms with Crippen molar-refractivity contribution >= 4 is 12.6 Å². The molecule has 0 bridgehead atoms. The number of benzene rings is 1. The number of ether oxygens (including phenoxy) is 1. The molecule has 1 rings (SSSR count). The van der Waals surface area contributed by atoms with Crippen molar-refractivity contribution in [2.45, 2.75) is 32.5 Å². The van der Waals surface area contributed by atoms with Gasteiger partial charge in [0.05, 0.1) is 12.7 Å². The molecule has 0 amide bonds. The van der Waals surface area contributed by atoms with E-state index in [1.807, 2.05) is 18.2 Å². The van der Waals surface area contributed by atoms with E-state index >= 15 is 0 Å². The van der Waals surface area contributed by atoms with Gasteiger partial charge in [-0.05, 0) is 24.2 Å². The summed E-state index contributed by atoms with van der Waals surface area (Å²) in [4.78, 5) is 0. The van der Waals surface area contributed by atoms with Crippen LogP contribution >= 0.6 is 12.6 Å². The van der Waals surface area contributed by atoms with E-state index in [2.05, 4.69) is 31.7 Å². The van der Waals surface area contributed by atoms with Gasteiger partial charge >= 0.3 is 0 Å². The largest absolute Gasteiger partial charge is 0.374 e. The number of hydrogen-bond acceptors (Lipinski definition) is 2. The van der Waals surface area contributed by atoms with Crippen LogP contribution in [-0.4, -0.2) is 11.9 Å². The molecule has 2 heteroatoms. The Balaban J connectivity index is 2.32. The van der Waals surface area contributed by atoms with Crippen molar-refractivity contribution in [3.8, 4) is 0 Å². The zero-order valence-corrected chi connectivity index (χ0v) is 9.54. The Morgan fingerprint density at radius 3 is 2.57 bits per heavy atom. The molecule has 0 aliphatic carbocycles. The standard InChI is InChI=1S/C12H18OS/c1-2-12(8-9-14)13-10-11-6-4-3-5-7-11/h3-7,12,14H,2,8-10H2,1H3. The van der Waals surface area contributed by atoms with Crippen molar-refractivity contribution < 1.29 is 4.74 Å². The molecule has 14 heavy (non-hydrogen) atoms. The molecule has 0 aliphatic heterocycles. The van der Waals surface area contributed by atoms with Gasteiger partial charge in [0, 0.05) is 0 Å². The predicted molar refractivity (Wildman–Crippen MR) is 63.8 cm³/mol. The second kappa shape index (κ2) is 6.91. The Labute approximate surface area is 91.9 Å². The van der Waals surface area contributed by atoms with Gasteiger partial charge in [-0.3, -0.25) is 0 Å². The minimum Gasteiger partial charge on any atom is -0.374 e. The van der Waals surface area contributed by atoms with Crippen LogP contribution in [0.2, 0.25) is 0 Å². The molecule has 1 nitrogen and oxygen atoms in total. The van der Waals surface area contributed by atoms with Crippen molar-refractivity contribution in [1.82, 2.24) is 0 Å². The smallest absolute Gasteiger partial charge is 0.0720 e. The van der Waals surface area contributed by atoms with Crippen LogP contribution in [0.4, 0.5) is 0 Å². The van der Waals surface area contributed by atoms with E-state index in [0.29, 0.717) is 12.7 Å². The molecule has 0 saturated carbocycles. The topological polar surface area (TPSA) is 9.23 Å². The lowest BCUT2D eigenvalue weighted by molar-refractivity contribution is 0.0366. The highest BCUT2D eigenvalue weighted by Crippen LogP contribution is 2.09. The third-order valence-electron chi connectivity index (χ3n) is 2.23. The van der Waals surface area contributed by atoms with Gasteiger partial charge in [-0.25, -0.2) is 0 Å². The van der Waals surface area contributed by atoms with Gasteiger partial charge in [0.2, 0.25) is 0 Å². The van der Waals surface area contributed by atoms with E-state index in [9.17, 15) is 0 Å². The Hall–Kier alpha value is -0.470. The van der Waals surface area contributed by atoms with Crippen LogP contribution < -0.4 is 0 Å². The van der Waals surface area contributed by atoms with Crippen molar-refractivity contribution in [2.24, 2.45) is 0 Å². The molecular formula is C12H18OS. The van der Waals surface area contributed by atoms with Crippen molar-refractivity contribution in [1.29, 1.82) is 0 Å². The van der Waals surface area contributed by atoms with Crippen molar-refractivity contribution in [3.05, 3.63) is 35.9 Å². The lowest BCUT2D eigenvalue weighted by Crippen LogP contribution is -2.12. The molecule has 1 atom stereocenters. The minimum atomic E-state index is 0.354. The molecule has 1 unspecified atom stereocenters. The summed E-state index contributed by atoms with van der Waals surface area (Å²) < 4.78 is 5.77. The monoisotopic (exact) mass is 210 g/mol. The van der Waals surface area contributed by atoms with Crippen LogP contribution in [0.25, 0.3) is 0 Å². The van der Waals surface area contributed by atoms with E-state index in [1.54, 1.807) is 0 Å². The Morgan fingerprint density at radius 2 is 2.00 bits per heavy atom. The van der Waals surface area contributed by atoms with E-state index in [-0.39, 0.29) is 0 Å². The maximum Gasteiger partial charge on any atom is 0.0720 e. The van der Waals surface area contributed by atoms with Gasteiger partial charge < -0.3 is 4.74 Å². The lowest BCUT2D eigenvalue weighted by Gasteiger charge is -2.14. The highest BCUT2D eigenvalue weighted by Gasteiger charge is 2.04. The number of rotatable bonds is 6. The SMILES string of the molecule is CCC(CCS)OCc1ccccc1. The zero-order valence-electron chi connectivity index (χ0n) is 8.65. The normalized spacial score (nSPS) is 12.7. The average molecular weight is 210 g/mol. The first kappa shape index (κ1) is 11.6. The van der Waals surface area contributed by atoms with Gasteiger partial charge in [-0.1, -0.05) is 37.3 Å². The quantitative estimate of drug-likeness (QED) is 0.709. The Kier molecular flexibility index (Phi) is 5.72. The van der Waals surface area contributed by atoms with Crippen LogP contribution in [0.5, 0.6) is 0 Å². The molecule has 0 spiro atoms. The summed E-state index contributed by atoms with van der Waals surface area (Å²) >= 11 is 4.21. The van der Waals surface area contributed by atoms with Crippen molar-refractivity contribution in [3.63, 3.8) is 0 Å². The Morgan fingerprint density at radius 1 is 1.29 bits per heavy atom. The van der Waals surface area contributed by atoms with Crippen LogP contribution in [0, 0.1) is 0 Å². The fourth-order valence-corrected chi connectivity index (χ4v) is 1.63. The second-order valence-corrected chi connectivity index (χ2v) is 3.79. The van der Waals surface area contributed by atoms with E-state index in [4.69, 9.17) is 4.74 Å². The van der Waals surface area contributed by atoms with Crippen LogP contribution in [0.3, 0.4) is 0 Å². The minimum absolute atomic E-state index is 0.354. The molecule has 0 radical (unpaired) electrons. The molecule has 0 heterocycles. The molecule has 78 valence electrons. The van der Waals surface area contributed by atoms with Gasteiger partial charge in [0.25, 0.3) is 0 Å². The van der Waals surface area contributed by atoms with Crippen LogP contribution in [0.15, 0.2) is 30.3 Å². The van der Waals surface area contributed by atoms with Crippen molar-refractivity contribution in [2.75, 3.05) is 5.75 Å². The second-order valence-electron chi connectivity index (χ2n) is 3.34. The van der Waals surface area contributed by atoms with Gasteiger partial charge in [-0.2, -0.15) is 12.6 Å². The number of thiol groups is 1. The van der Waals surface area contributed by atoms with Crippen LogP contribution in [-0.2, 0) is 11.3 Å². The van der Waals surface area contributed by atoms with Gasteiger partial charge in [0.15, 0.2) is 0 Å². The van der Waals surface area contributed by atoms with E-state index in [1.165, 1.54) is 5.56 Å². The summed E-state index contributed by atoms with van der Waals surface area (Å²) in [5, 5.41) is 0. The molecular weight excluding hydrogens is 192 g/mol. The lowest BCUT2D eigenvalue weighted by atomic mass is 10.2. The predicted octanol–water partition coefficient (Wildman–Crippen LogP) is 3.30. The number of hydrogen-bond donors (Lipinski definition) is 1. The fraction of sp³-hybridized carbons (Fsp3) is 0.500. The average Bonchev–Trinajstić information content (AvgIpc) is 2.25. The molecule has 0 aromatic heterocycles. The maximum absolute atomic E-state index is 5.77. The summed E-state index contributed by atoms with van der Waals surface area (Å²) in [5.74, 6) is 0.896. The molecule has 0 saturated heterocycles. The summed E-state index contributed by atoms with van der Waals surface area (Å²) in [6.45, 7) is 2.87. The summed E-state index contributed by atoms with van der Waals surface area (Å²) in [7, 11) is 0. The van der Waals surface area contributed by atoms with E-state index < -0.39 is 0 Å². The molecule has 0 aliphatic rings. The van der Waals surface area contributed by atoms with E-state index in [0.717, 1.165) is 18.6 Å². The molecule has 0 N–H and O–H groups in total. The first-order chi connectivity index (χ1) is 6.86. The van der Waals surface area contributed by atoms with Gasteiger partial charge in [-0.15, -0.1) is 0 Å². The summed E-state index contributed by atoms with van der Waals surface area (Å²) in [6.07, 6.45) is 2.45. The van der Waals surface area contributed by atoms with Gasteiger partial charge in [0.1, 0.15) is 0 Å². The maximum atomic E-state index is 5.77. The third kappa shape index (κ3) is 4.16. The first-order valence-electron chi connectivity index (χ1n) is 5.13. The highest BCUT2D eigenvalue weighted by molar-refractivity contribution is 7.80. The molecule has 0 fully saturated rings. The summed E-state index contributed by atoms with van der Waals surface area (Å²) in [5.41, 5.74) is 1.24. The first-order valence-corrected chi connectivity index (χ1v) is 5.76. The molecule has 1 aromatic carbocycles. The zero-order chi connectivity index (χ0) is 10.2. The summed E-state index contributed by atoms with van der Waals surface area (Å²) in [6, 6.07) is 10.3. The molecule has 1 aromatic rings. The Bertz CT molecular complexity index is 235. The fourth-order valence-electron chi connectivity index (χ4n) is 1.34. The third-order valence-corrected chi connectivity index (χ3v) is 2.49.